The highest BCUT2D eigenvalue weighted by Crippen LogP contribution is 2.10. The second-order valence-corrected chi connectivity index (χ2v) is 2.23. The second-order valence-electron chi connectivity index (χ2n) is 1.08. The van der Waals surface area contributed by atoms with Crippen LogP contribution in [0, 0.1) is 0 Å². The smallest absolute Gasteiger partial charge is 0.367 e. The molecule has 50 valence electrons. The highest BCUT2D eigenvalue weighted by atomic mass is 31.1. The fourth-order valence-electron chi connectivity index (χ4n) is 0.205. The summed E-state index contributed by atoms with van der Waals surface area (Å²) in [4.78, 5) is 24.2. The summed E-state index contributed by atoms with van der Waals surface area (Å²) >= 11 is 0. The number of nitrogens with two attached hydrogens (primary N) is 1. The Hall–Kier alpha value is -0.730. The summed E-state index contributed by atoms with van der Waals surface area (Å²) in [5.74, 6) is 4.72. The largest absolute Gasteiger partial charge is 0.397 e. The first kappa shape index (κ1) is 8.27. The summed E-state index contributed by atoms with van der Waals surface area (Å²) in [5.41, 5.74) is -0.660. The van der Waals surface area contributed by atoms with Crippen LogP contribution in [0.2, 0.25) is 0 Å². The van der Waals surface area contributed by atoms with Crippen molar-refractivity contribution in [3.63, 3.8) is 0 Å². The molecule has 0 aromatic carbocycles. The summed E-state index contributed by atoms with van der Waals surface area (Å²) < 4.78 is 0. The van der Waals surface area contributed by atoms with Gasteiger partial charge in [-0.1, -0.05) is 12.4 Å². The van der Waals surface area contributed by atoms with Gasteiger partial charge in [0, 0.05) is 0 Å². The van der Waals surface area contributed by atoms with Crippen LogP contribution in [0.4, 0.5) is 0 Å². The fourth-order valence-corrected chi connectivity index (χ4v) is 0.567. The van der Waals surface area contributed by atoms with Crippen molar-refractivity contribution in [2.24, 2.45) is 5.90 Å². The van der Waals surface area contributed by atoms with Crippen molar-refractivity contribution < 1.29 is 14.4 Å². The van der Waals surface area contributed by atoms with Crippen molar-refractivity contribution in [1.29, 1.82) is 0 Å². The molecule has 1 atom stereocenters. The van der Waals surface area contributed by atoms with E-state index in [4.69, 9.17) is 0 Å². The third kappa shape index (κ3) is 2.95. The standard InChI is InChI=1S/C4H6NO3P/c1-2-9-4(7)3(6)8-5/h2,9H,1,5H2. The van der Waals surface area contributed by atoms with Crippen LogP contribution in [0.1, 0.15) is 0 Å². The zero-order valence-corrected chi connectivity index (χ0v) is 5.59. The van der Waals surface area contributed by atoms with E-state index >= 15 is 0 Å². The van der Waals surface area contributed by atoms with Gasteiger partial charge < -0.3 is 4.84 Å². The summed E-state index contributed by atoms with van der Waals surface area (Å²) in [6.07, 6.45) is 0. The number of carbonyl (C=O) groups excluding carboxylic acids is 2. The highest BCUT2D eigenvalue weighted by Gasteiger charge is 2.10. The van der Waals surface area contributed by atoms with Gasteiger partial charge in [-0.15, -0.1) is 0 Å². The molecule has 0 aromatic heterocycles. The molecule has 0 spiro atoms. The minimum Gasteiger partial charge on any atom is -0.367 e. The molecular formula is C4H6NO3P. The van der Waals surface area contributed by atoms with Crippen LogP contribution in [-0.2, 0) is 14.4 Å². The van der Waals surface area contributed by atoms with Crippen molar-refractivity contribution in [1.82, 2.24) is 0 Å². The third-order valence-electron chi connectivity index (χ3n) is 0.526. The summed E-state index contributed by atoms with van der Waals surface area (Å²) in [7, 11) is -0.254. The second kappa shape index (κ2) is 4.18. The Morgan fingerprint density at radius 3 is 2.56 bits per heavy atom. The maximum absolute atomic E-state index is 10.4. The lowest BCUT2D eigenvalue weighted by molar-refractivity contribution is -0.150. The average Bonchev–Trinajstić information content (AvgIpc) is 1.87. The van der Waals surface area contributed by atoms with Crippen molar-refractivity contribution in [3.8, 4) is 0 Å². The van der Waals surface area contributed by atoms with E-state index in [1.54, 1.807) is 0 Å². The minimum atomic E-state index is -1.02. The van der Waals surface area contributed by atoms with Gasteiger partial charge in [0.15, 0.2) is 0 Å². The van der Waals surface area contributed by atoms with E-state index in [9.17, 15) is 9.59 Å². The summed E-state index contributed by atoms with van der Waals surface area (Å²) in [5, 5.41) is 0. The molecule has 0 bridgehead atoms. The Morgan fingerprint density at radius 1 is 1.67 bits per heavy atom. The van der Waals surface area contributed by atoms with Gasteiger partial charge in [-0.25, -0.2) is 4.79 Å². The van der Waals surface area contributed by atoms with Crippen LogP contribution in [0.5, 0.6) is 0 Å². The molecule has 0 aromatic rings. The van der Waals surface area contributed by atoms with Gasteiger partial charge in [0.05, 0.1) is 0 Å². The first-order valence-electron chi connectivity index (χ1n) is 2.04. The maximum Gasteiger partial charge on any atom is 0.397 e. The lowest BCUT2D eigenvalue weighted by Gasteiger charge is -1.90. The van der Waals surface area contributed by atoms with E-state index in [1.165, 1.54) is 5.82 Å². The SMILES string of the molecule is C=CPC(=O)C(=O)ON. The number of hydrogen-bond donors (Lipinski definition) is 1. The monoisotopic (exact) mass is 147 g/mol. The Morgan fingerprint density at radius 2 is 2.22 bits per heavy atom. The van der Waals surface area contributed by atoms with Crippen LogP contribution in [-0.4, -0.2) is 11.5 Å². The molecule has 0 amide bonds. The molecule has 0 aliphatic carbocycles. The molecule has 0 fully saturated rings. The van der Waals surface area contributed by atoms with Gasteiger partial charge in [0.1, 0.15) is 0 Å². The van der Waals surface area contributed by atoms with E-state index in [2.05, 4.69) is 17.3 Å². The molecule has 9 heavy (non-hydrogen) atoms. The maximum atomic E-state index is 10.4. The predicted molar refractivity (Wildman–Crippen MR) is 33.8 cm³/mol. The Kier molecular flexibility index (Phi) is 3.84. The van der Waals surface area contributed by atoms with Gasteiger partial charge in [-0.3, -0.25) is 4.79 Å². The predicted octanol–water partition coefficient (Wildman–Crippen LogP) is -0.248. The normalized spacial score (nSPS) is 9.44. The Labute approximate surface area is 53.8 Å². The van der Waals surface area contributed by atoms with Gasteiger partial charge in [-0.2, -0.15) is 5.90 Å². The first-order chi connectivity index (χ1) is 4.22. The fraction of sp³-hybridized carbons (Fsp3) is 0. The van der Waals surface area contributed by atoms with Crippen LogP contribution in [0.3, 0.4) is 0 Å². The first-order valence-corrected chi connectivity index (χ1v) is 3.12. The number of hydrogen-bond acceptors (Lipinski definition) is 4. The van der Waals surface area contributed by atoms with Crippen LogP contribution in [0.25, 0.3) is 0 Å². The van der Waals surface area contributed by atoms with Gasteiger partial charge in [0.25, 0.3) is 5.52 Å². The molecule has 2 N–H and O–H groups in total. The van der Waals surface area contributed by atoms with Crippen LogP contribution >= 0.6 is 8.58 Å². The zero-order valence-electron chi connectivity index (χ0n) is 4.59. The topological polar surface area (TPSA) is 69.4 Å². The summed E-state index contributed by atoms with van der Waals surface area (Å²) in [6, 6.07) is 0. The zero-order chi connectivity index (χ0) is 7.28. The van der Waals surface area contributed by atoms with E-state index in [0.717, 1.165) is 0 Å². The molecule has 5 heteroatoms. The van der Waals surface area contributed by atoms with E-state index < -0.39 is 11.5 Å². The molecule has 1 unspecified atom stereocenters. The molecule has 4 nitrogen and oxygen atoms in total. The quantitative estimate of drug-likeness (QED) is 0.339. The van der Waals surface area contributed by atoms with Gasteiger partial charge >= 0.3 is 5.97 Å². The minimum absolute atomic E-state index is 0.254. The molecule has 0 saturated carbocycles. The Balaban J connectivity index is 3.73. The van der Waals surface area contributed by atoms with E-state index in [-0.39, 0.29) is 8.58 Å². The van der Waals surface area contributed by atoms with Gasteiger partial charge in [-0.05, 0) is 8.58 Å². The van der Waals surface area contributed by atoms with Crippen molar-refractivity contribution in [2.45, 2.75) is 0 Å². The molecular weight excluding hydrogens is 141 g/mol. The molecule has 0 heterocycles. The summed E-state index contributed by atoms with van der Waals surface area (Å²) in [6.45, 7) is 3.26. The Bertz CT molecular complexity index is 145. The third-order valence-corrected chi connectivity index (χ3v) is 1.20. The molecule has 0 aliphatic heterocycles. The molecule has 0 saturated heterocycles. The number of carbonyl (C=O) groups is 2. The lowest BCUT2D eigenvalue weighted by atomic mass is 10.8. The van der Waals surface area contributed by atoms with Crippen molar-refractivity contribution in [3.05, 3.63) is 12.4 Å². The average molecular weight is 147 g/mol. The van der Waals surface area contributed by atoms with Crippen molar-refractivity contribution in [2.75, 3.05) is 0 Å². The molecule has 0 rings (SSSR count). The lowest BCUT2D eigenvalue weighted by Crippen LogP contribution is -2.16. The van der Waals surface area contributed by atoms with Crippen molar-refractivity contribution >= 4 is 20.1 Å². The van der Waals surface area contributed by atoms with Crippen LogP contribution in [0.15, 0.2) is 12.4 Å². The van der Waals surface area contributed by atoms with Crippen LogP contribution < -0.4 is 5.90 Å². The van der Waals surface area contributed by atoms with E-state index in [1.807, 2.05) is 0 Å². The van der Waals surface area contributed by atoms with E-state index in [0.29, 0.717) is 0 Å². The number of rotatable bonds is 3. The molecule has 0 radical (unpaired) electrons. The molecule has 0 aliphatic rings. The van der Waals surface area contributed by atoms with Gasteiger partial charge in [0.2, 0.25) is 0 Å². The highest BCUT2D eigenvalue weighted by molar-refractivity contribution is 7.64.